The summed E-state index contributed by atoms with van der Waals surface area (Å²) in [4.78, 5) is 35.2. The van der Waals surface area contributed by atoms with Gasteiger partial charge in [0.05, 0.1) is 12.0 Å². The number of rotatable bonds is 5. The summed E-state index contributed by atoms with van der Waals surface area (Å²) in [5, 5.41) is 0.376. The third-order valence-corrected chi connectivity index (χ3v) is 3.15. The Bertz CT molecular complexity index is 695. The van der Waals surface area contributed by atoms with Crippen molar-refractivity contribution in [3.8, 4) is 0 Å². The lowest BCUT2D eigenvalue weighted by atomic mass is 10.1. The summed E-state index contributed by atoms with van der Waals surface area (Å²) >= 11 is 5.76. The van der Waals surface area contributed by atoms with Gasteiger partial charge in [-0.05, 0) is 18.2 Å². The lowest BCUT2D eigenvalue weighted by Gasteiger charge is -2.03. The number of carbonyl (C=O) groups is 3. The maximum atomic E-state index is 11.8. The van der Waals surface area contributed by atoms with Crippen molar-refractivity contribution in [3.05, 3.63) is 70.7 Å². The second-order valence-corrected chi connectivity index (χ2v) is 5.00. The van der Waals surface area contributed by atoms with Crippen LogP contribution in [0, 0.1) is 0 Å². The minimum atomic E-state index is -0.778. The van der Waals surface area contributed by atoms with E-state index in [1.54, 1.807) is 42.5 Å². The number of halogens is 1. The molecule has 0 amide bonds. The van der Waals surface area contributed by atoms with Crippen LogP contribution in [0.5, 0.6) is 0 Å². The highest BCUT2D eigenvalue weighted by Gasteiger charge is 2.15. The van der Waals surface area contributed by atoms with Crippen LogP contribution < -0.4 is 0 Å². The fourth-order valence-electron chi connectivity index (χ4n) is 1.81. The molecule has 2 aromatic rings. The number of ether oxygens (including phenoxy) is 1. The van der Waals surface area contributed by atoms with Gasteiger partial charge < -0.3 is 4.74 Å². The van der Waals surface area contributed by atoms with Crippen LogP contribution in [0.3, 0.4) is 0 Å². The lowest BCUT2D eigenvalue weighted by molar-refractivity contribution is -0.137. The number of Topliss-reactive ketones (excluding diaryl/α,β-unsaturated/α-hetero) is 1. The van der Waals surface area contributed by atoms with Crippen molar-refractivity contribution in [1.29, 1.82) is 0 Å². The summed E-state index contributed by atoms with van der Waals surface area (Å²) in [5.74, 6) is -1.69. The molecular formula is C17H13ClO4. The van der Waals surface area contributed by atoms with Gasteiger partial charge in [0, 0.05) is 17.0 Å². The predicted molar refractivity (Wildman–Crippen MR) is 81.9 cm³/mol. The Morgan fingerprint density at radius 2 is 1.55 bits per heavy atom. The Labute approximate surface area is 132 Å². The number of hydrogen-bond acceptors (Lipinski definition) is 4. The molecule has 0 aromatic heterocycles. The molecule has 4 nitrogen and oxygen atoms in total. The van der Waals surface area contributed by atoms with Crippen molar-refractivity contribution >= 4 is 29.3 Å². The SMILES string of the molecule is O=C(CCC(=O)c1ccccc1)OC(=O)c1cccc(Cl)c1. The number of benzene rings is 2. The zero-order chi connectivity index (χ0) is 15.9. The molecule has 0 fully saturated rings. The van der Waals surface area contributed by atoms with Crippen molar-refractivity contribution in [3.63, 3.8) is 0 Å². The molecule has 0 heterocycles. The Kier molecular flexibility index (Phi) is 5.44. The zero-order valence-electron chi connectivity index (χ0n) is 11.6. The molecule has 0 bridgehead atoms. The van der Waals surface area contributed by atoms with E-state index < -0.39 is 11.9 Å². The van der Waals surface area contributed by atoms with Crippen LogP contribution in [-0.4, -0.2) is 17.7 Å². The molecule has 22 heavy (non-hydrogen) atoms. The molecule has 0 aliphatic carbocycles. The smallest absolute Gasteiger partial charge is 0.345 e. The molecule has 0 saturated carbocycles. The van der Waals surface area contributed by atoms with E-state index in [0.717, 1.165) is 0 Å². The third-order valence-electron chi connectivity index (χ3n) is 2.92. The highest BCUT2D eigenvalue weighted by molar-refractivity contribution is 6.30. The van der Waals surface area contributed by atoms with Crippen LogP contribution in [0.1, 0.15) is 33.6 Å². The van der Waals surface area contributed by atoms with E-state index >= 15 is 0 Å². The highest BCUT2D eigenvalue weighted by atomic mass is 35.5. The summed E-state index contributed by atoms with van der Waals surface area (Å²) in [6.45, 7) is 0. The highest BCUT2D eigenvalue weighted by Crippen LogP contribution is 2.12. The average Bonchev–Trinajstić information content (AvgIpc) is 2.53. The molecule has 5 heteroatoms. The summed E-state index contributed by atoms with van der Waals surface area (Å²) in [6, 6.07) is 14.7. The second kappa shape index (κ2) is 7.52. The molecule has 0 aliphatic heterocycles. The maximum absolute atomic E-state index is 11.8. The number of esters is 2. The van der Waals surface area contributed by atoms with Crippen LogP contribution in [0.2, 0.25) is 5.02 Å². The van der Waals surface area contributed by atoms with Crippen LogP contribution in [0.4, 0.5) is 0 Å². The van der Waals surface area contributed by atoms with Gasteiger partial charge in [0.25, 0.3) is 0 Å². The fraction of sp³-hybridized carbons (Fsp3) is 0.118. The average molecular weight is 317 g/mol. The first-order chi connectivity index (χ1) is 10.6. The van der Waals surface area contributed by atoms with Gasteiger partial charge >= 0.3 is 11.9 Å². The first-order valence-electron chi connectivity index (χ1n) is 6.65. The van der Waals surface area contributed by atoms with E-state index in [1.165, 1.54) is 12.1 Å². The molecule has 0 unspecified atom stereocenters. The zero-order valence-corrected chi connectivity index (χ0v) is 12.4. The summed E-state index contributed by atoms with van der Waals surface area (Å²) in [7, 11) is 0. The van der Waals surface area contributed by atoms with Crippen LogP contribution >= 0.6 is 11.6 Å². The summed E-state index contributed by atoms with van der Waals surface area (Å²) < 4.78 is 4.69. The van der Waals surface area contributed by atoms with Gasteiger partial charge in [-0.1, -0.05) is 48.0 Å². The molecule has 112 valence electrons. The van der Waals surface area contributed by atoms with E-state index in [2.05, 4.69) is 4.74 Å². The molecule has 2 aromatic carbocycles. The Morgan fingerprint density at radius 3 is 2.23 bits per heavy atom. The molecule has 0 spiro atoms. The van der Waals surface area contributed by atoms with Crippen molar-refractivity contribution in [2.24, 2.45) is 0 Å². The summed E-state index contributed by atoms with van der Waals surface area (Å²) in [6.07, 6.45) is -0.161. The predicted octanol–water partition coefficient (Wildman–Crippen LogP) is 3.69. The standard InChI is InChI=1S/C17H13ClO4/c18-14-8-4-7-13(11-14)17(21)22-16(20)10-9-15(19)12-5-2-1-3-6-12/h1-8,11H,9-10H2. The monoisotopic (exact) mass is 316 g/mol. The fourth-order valence-corrected chi connectivity index (χ4v) is 2.00. The maximum Gasteiger partial charge on any atom is 0.345 e. The van der Waals surface area contributed by atoms with E-state index in [-0.39, 0.29) is 24.2 Å². The van der Waals surface area contributed by atoms with E-state index in [1.807, 2.05) is 0 Å². The quantitative estimate of drug-likeness (QED) is 0.479. The number of ketones is 1. The first kappa shape index (κ1) is 15.9. The van der Waals surface area contributed by atoms with Gasteiger partial charge in [-0.2, -0.15) is 0 Å². The van der Waals surface area contributed by atoms with Crippen molar-refractivity contribution in [1.82, 2.24) is 0 Å². The molecule has 0 aliphatic rings. The number of hydrogen-bond donors (Lipinski definition) is 0. The summed E-state index contributed by atoms with van der Waals surface area (Å²) in [5.41, 5.74) is 0.715. The topological polar surface area (TPSA) is 60.4 Å². The van der Waals surface area contributed by atoms with Crippen LogP contribution in [0.25, 0.3) is 0 Å². The van der Waals surface area contributed by atoms with Gasteiger partial charge in [-0.3, -0.25) is 9.59 Å². The minimum absolute atomic E-state index is 0.00826. The van der Waals surface area contributed by atoms with E-state index in [9.17, 15) is 14.4 Å². The van der Waals surface area contributed by atoms with Gasteiger partial charge in [-0.25, -0.2) is 4.79 Å². The molecule has 0 N–H and O–H groups in total. The van der Waals surface area contributed by atoms with Gasteiger partial charge in [0.15, 0.2) is 5.78 Å². The molecule has 2 rings (SSSR count). The van der Waals surface area contributed by atoms with E-state index in [0.29, 0.717) is 10.6 Å². The third kappa shape index (κ3) is 4.53. The van der Waals surface area contributed by atoms with Gasteiger partial charge in [0.2, 0.25) is 0 Å². The number of carbonyl (C=O) groups excluding carboxylic acids is 3. The lowest BCUT2D eigenvalue weighted by Crippen LogP contribution is -2.14. The van der Waals surface area contributed by atoms with E-state index in [4.69, 9.17) is 11.6 Å². The minimum Gasteiger partial charge on any atom is -0.389 e. The molecule has 0 radical (unpaired) electrons. The Balaban J connectivity index is 1.86. The largest absolute Gasteiger partial charge is 0.389 e. The molecule has 0 saturated heterocycles. The normalized spacial score (nSPS) is 10.0. The Hall–Kier alpha value is -2.46. The van der Waals surface area contributed by atoms with Gasteiger partial charge in [0.1, 0.15) is 0 Å². The van der Waals surface area contributed by atoms with Crippen molar-refractivity contribution in [2.75, 3.05) is 0 Å². The van der Waals surface area contributed by atoms with Crippen LogP contribution in [-0.2, 0) is 9.53 Å². The van der Waals surface area contributed by atoms with Crippen molar-refractivity contribution < 1.29 is 19.1 Å². The Morgan fingerprint density at radius 1 is 0.864 bits per heavy atom. The first-order valence-corrected chi connectivity index (χ1v) is 7.03. The molecular weight excluding hydrogens is 304 g/mol. The van der Waals surface area contributed by atoms with Crippen molar-refractivity contribution in [2.45, 2.75) is 12.8 Å². The van der Waals surface area contributed by atoms with Crippen LogP contribution in [0.15, 0.2) is 54.6 Å². The second-order valence-electron chi connectivity index (χ2n) is 4.56. The molecule has 0 atom stereocenters. The van der Waals surface area contributed by atoms with Gasteiger partial charge in [-0.15, -0.1) is 0 Å².